The summed E-state index contributed by atoms with van der Waals surface area (Å²) >= 11 is 0. The summed E-state index contributed by atoms with van der Waals surface area (Å²) < 4.78 is 0. The van der Waals surface area contributed by atoms with E-state index >= 15 is 0 Å². The average Bonchev–Trinajstić information content (AvgIpc) is 2.45. The number of aryl methyl sites for hydroxylation is 1. The first kappa shape index (κ1) is 15.5. The second kappa shape index (κ2) is 7.80. The van der Waals surface area contributed by atoms with E-state index in [9.17, 15) is 0 Å². The van der Waals surface area contributed by atoms with Crippen molar-refractivity contribution in [1.82, 2.24) is 10.2 Å². The van der Waals surface area contributed by atoms with Gasteiger partial charge in [-0.2, -0.15) is 0 Å². The van der Waals surface area contributed by atoms with Gasteiger partial charge < -0.3 is 10.2 Å². The van der Waals surface area contributed by atoms with Crippen molar-refractivity contribution < 1.29 is 0 Å². The first-order valence-electron chi connectivity index (χ1n) is 8.21. The van der Waals surface area contributed by atoms with Crippen molar-refractivity contribution in [2.45, 2.75) is 58.5 Å². The highest BCUT2D eigenvalue weighted by atomic mass is 15.2. The van der Waals surface area contributed by atoms with Gasteiger partial charge in [-0.15, -0.1) is 0 Å². The molecule has 112 valence electrons. The Kier molecular flexibility index (Phi) is 6.06. The van der Waals surface area contributed by atoms with Crippen LogP contribution >= 0.6 is 0 Å². The second-order valence-electron chi connectivity index (χ2n) is 6.27. The normalized spacial score (nSPS) is 21.9. The molecule has 0 saturated carbocycles. The molecule has 1 N–H and O–H groups in total. The van der Waals surface area contributed by atoms with Gasteiger partial charge in [0.25, 0.3) is 0 Å². The summed E-state index contributed by atoms with van der Waals surface area (Å²) in [6, 6.07) is 9.93. The predicted molar refractivity (Wildman–Crippen MR) is 87.1 cm³/mol. The molecule has 0 radical (unpaired) electrons. The zero-order valence-electron chi connectivity index (χ0n) is 13.4. The number of rotatable bonds is 6. The molecule has 2 unspecified atom stereocenters. The van der Waals surface area contributed by atoms with Crippen LogP contribution in [0.25, 0.3) is 0 Å². The molecule has 1 aliphatic rings. The van der Waals surface area contributed by atoms with Crippen LogP contribution in [0.4, 0.5) is 0 Å². The molecule has 2 rings (SSSR count). The van der Waals surface area contributed by atoms with Crippen LogP contribution < -0.4 is 5.32 Å². The lowest BCUT2D eigenvalue weighted by molar-refractivity contribution is 0.158. The van der Waals surface area contributed by atoms with Crippen molar-refractivity contribution in [3.05, 3.63) is 35.4 Å². The van der Waals surface area contributed by atoms with E-state index in [1.54, 1.807) is 0 Å². The van der Waals surface area contributed by atoms with Gasteiger partial charge in [-0.05, 0) is 70.8 Å². The molecular weight excluding hydrogens is 244 g/mol. The molecule has 0 aromatic heterocycles. The SMILES string of the molecule is Cc1ccccc1C(C)NCCCN1CCCCC1C. The van der Waals surface area contributed by atoms with Crippen LogP contribution in [0, 0.1) is 6.92 Å². The average molecular weight is 274 g/mol. The zero-order valence-corrected chi connectivity index (χ0v) is 13.4. The predicted octanol–water partition coefficient (Wildman–Crippen LogP) is 3.91. The van der Waals surface area contributed by atoms with E-state index in [-0.39, 0.29) is 0 Å². The zero-order chi connectivity index (χ0) is 14.4. The maximum absolute atomic E-state index is 3.67. The number of nitrogens with zero attached hydrogens (tertiary/aromatic N) is 1. The van der Waals surface area contributed by atoms with Crippen LogP contribution in [-0.2, 0) is 0 Å². The van der Waals surface area contributed by atoms with E-state index in [2.05, 4.69) is 55.3 Å². The molecule has 0 bridgehead atoms. The monoisotopic (exact) mass is 274 g/mol. The Labute approximate surface area is 124 Å². The lowest BCUT2D eigenvalue weighted by atomic mass is 10.0. The Morgan fingerprint density at radius 3 is 2.85 bits per heavy atom. The van der Waals surface area contributed by atoms with Gasteiger partial charge in [0.05, 0.1) is 0 Å². The molecule has 2 nitrogen and oxygen atoms in total. The minimum absolute atomic E-state index is 0.454. The summed E-state index contributed by atoms with van der Waals surface area (Å²) in [5.74, 6) is 0. The summed E-state index contributed by atoms with van der Waals surface area (Å²) in [7, 11) is 0. The maximum atomic E-state index is 3.67. The van der Waals surface area contributed by atoms with Crippen LogP contribution in [-0.4, -0.2) is 30.6 Å². The molecular formula is C18H30N2. The van der Waals surface area contributed by atoms with Gasteiger partial charge in [-0.25, -0.2) is 0 Å². The molecule has 2 heteroatoms. The standard InChI is InChI=1S/C18H30N2/c1-15-9-4-5-11-18(15)17(3)19-12-8-14-20-13-7-6-10-16(20)2/h4-5,9,11,16-17,19H,6-8,10,12-14H2,1-3H3. The maximum Gasteiger partial charge on any atom is 0.0294 e. The summed E-state index contributed by atoms with van der Waals surface area (Å²) in [5.41, 5.74) is 2.82. The summed E-state index contributed by atoms with van der Waals surface area (Å²) in [6.07, 6.45) is 5.44. The highest BCUT2D eigenvalue weighted by Gasteiger charge is 2.17. The minimum Gasteiger partial charge on any atom is -0.310 e. The van der Waals surface area contributed by atoms with E-state index in [1.807, 2.05) is 0 Å². The third kappa shape index (κ3) is 4.32. The van der Waals surface area contributed by atoms with Crippen molar-refractivity contribution in [2.24, 2.45) is 0 Å². The van der Waals surface area contributed by atoms with Crippen molar-refractivity contribution in [2.75, 3.05) is 19.6 Å². The molecule has 1 aromatic rings. The summed E-state index contributed by atoms with van der Waals surface area (Å²) in [6.45, 7) is 10.5. The third-order valence-corrected chi connectivity index (χ3v) is 4.67. The van der Waals surface area contributed by atoms with Crippen LogP contribution in [0.2, 0.25) is 0 Å². The molecule has 0 amide bonds. The molecule has 1 heterocycles. The molecule has 0 aliphatic carbocycles. The fourth-order valence-electron chi connectivity index (χ4n) is 3.27. The highest BCUT2D eigenvalue weighted by molar-refractivity contribution is 5.28. The smallest absolute Gasteiger partial charge is 0.0294 e. The summed E-state index contributed by atoms with van der Waals surface area (Å²) in [5, 5.41) is 3.67. The van der Waals surface area contributed by atoms with Gasteiger partial charge in [-0.3, -0.25) is 0 Å². The topological polar surface area (TPSA) is 15.3 Å². The van der Waals surface area contributed by atoms with Gasteiger partial charge in [0.15, 0.2) is 0 Å². The van der Waals surface area contributed by atoms with Gasteiger partial charge in [0, 0.05) is 12.1 Å². The number of nitrogens with one attached hydrogen (secondary N) is 1. The lowest BCUT2D eigenvalue weighted by Crippen LogP contribution is -2.39. The lowest BCUT2D eigenvalue weighted by Gasteiger charge is -2.33. The van der Waals surface area contributed by atoms with Gasteiger partial charge >= 0.3 is 0 Å². The Balaban J connectivity index is 1.69. The molecule has 1 fully saturated rings. The number of benzene rings is 1. The fraction of sp³-hybridized carbons (Fsp3) is 0.667. The molecule has 1 aromatic carbocycles. The second-order valence-corrected chi connectivity index (χ2v) is 6.27. The van der Waals surface area contributed by atoms with E-state index in [0.717, 1.165) is 12.6 Å². The molecule has 2 atom stereocenters. The number of hydrogen-bond donors (Lipinski definition) is 1. The number of hydrogen-bond acceptors (Lipinski definition) is 2. The van der Waals surface area contributed by atoms with Crippen molar-refractivity contribution in [3.8, 4) is 0 Å². The quantitative estimate of drug-likeness (QED) is 0.791. The first-order valence-corrected chi connectivity index (χ1v) is 8.21. The van der Waals surface area contributed by atoms with E-state index in [0.29, 0.717) is 6.04 Å². The van der Waals surface area contributed by atoms with Crippen molar-refractivity contribution in [1.29, 1.82) is 0 Å². The van der Waals surface area contributed by atoms with Crippen LogP contribution in [0.15, 0.2) is 24.3 Å². The molecule has 0 spiro atoms. The minimum atomic E-state index is 0.454. The van der Waals surface area contributed by atoms with Gasteiger partial charge in [0.1, 0.15) is 0 Å². The van der Waals surface area contributed by atoms with Crippen LogP contribution in [0.5, 0.6) is 0 Å². The van der Waals surface area contributed by atoms with Crippen molar-refractivity contribution >= 4 is 0 Å². The number of likely N-dealkylation sites (tertiary alicyclic amines) is 1. The highest BCUT2D eigenvalue weighted by Crippen LogP contribution is 2.18. The Bertz CT molecular complexity index is 402. The van der Waals surface area contributed by atoms with E-state index < -0.39 is 0 Å². The largest absolute Gasteiger partial charge is 0.310 e. The Hall–Kier alpha value is -0.860. The first-order chi connectivity index (χ1) is 9.68. The summed E-state index contributed by atoms with van der Waals surface area (Å²) in [4.78, 5) is 2.66. The van der Waals surface area contributed by atoms with E-state index in [4.69, 9.17) is 0 Å². The molecule has 1 aliphatic heterocycles. The third-order valence-electron chi connectivity index (χ3n) is 4.67. The Morgan fingerprint density at radius 2 is 2.10 bits per heavy atom. The van der Waals surface area contributed by atoms with Crippen LogP contribution in [0.3, 0.4) is 0 Å². The van der Waals surface area contributed by atoms with Crippen LogP contribution in [0.1, 0.15) is 56.7 Å². The molecule has 1 saturated heterocycles. The van der Waals surface area contributed by atoms with Crippen molar-refractivity contribution in [3.63, 3.8) is 0 Å². The van der Waals surface area contributed by atoms with E-state index in [1.165, 1.54) is 49.9 Å². The van der Waals surface area contributed by atoms with Gasteiger partial charge in [0.2, 0.25) is 0 Å². The number of piperidine rings is 1. The van der Waals surface area contributed by atoms with Gasteiger partial charge in [-0.1, -0.05) is 30.7 Å². The Morgan fingerprint density at radius 1 is 1.30 bits per heavy atom. The molecule has 20 heavy (non-hydrogen) atoms. The fourth-order valence-corrected chi connectivity index (χ4v) is 3.27.